The molecule has 0 spiro atoms. The molecular weight excluding hydrogens is 1810 g/mol. The number of nitrogens with one attached hydrogen (secondary N) is 7. The van der Waals surface area contributed by atoms with Crippen LogP contribution >= 0.6 is 31.9 Å². The third kappa shape index (κ3) is 24.2. The van der Waals surface area contributed by atoms with E-state index in [1.54, 1.807) is 70.3 Å². The molecule has 0 radical (unpaired) electrons. The van der Waals surface area contributed by atoms with Crippen LogP contribution in [0.1, 0.15) is 183 Å². The maximum absolute atomic E-state index is 15.4. The van der Waals surface area contributed by atoms with Crippen LogP contribution in [0.25, 0.3) is 61.1 Å². The third-order valence-corrected chi connectivity index (χ3v) is 24.2. The Kier molecular flexibility index (Phi) is 32.6. The van der Waals surface area contributed by atoms with Gasteiger partial charge in [0.05, 0.1) is 96.8 Å². The number of amides is 3. The first kappa shape index (κ1) is 95.3. The Bertz CT molecular complexity index is 6100. The van der Waals surface area contributed by atoms with E-state index in [2.05, 4.69) is 122 Å². The molecule has 4 aromatic carbocycles. The fraction of sp³-hybridized carbons (Fsp3) is 0.372. The topological polar surface area (TPSA) is 409 Å². The van der Waals surface area contributed by atoms with Gasteiger partial charge in [-0.05, 0) is 148 Å². The number of carbonyl (C=O) groups is 7. The molecular formula is C94H104Br2F2N20O13. The number of aromatic nitrogens is 14. The number of allylic oxidation sites excluding steroid dienone is 2. The van der Waals surface area contributed by atoms with Gasteiger partial charge in [0.1, 0.15) is 35.9 Å². The zero-order chi connectivity index (χ0) is 92.9. The van der Waals surface area contributed by atoms with E-state index in [0.717, 1.165) is 39.0 Å². The number of halogens is 4. The van der Waals surface area contributed by atoms with Gasteiger partial charge in [0.25, 0.3) is 5.91 Å². The van der Waals surface area contributed by atoms with Crippen molar-refractivity contribution in [1.29, 1.82) is 0 Å². The molecule has 131 heavy (non-hydrogen) atoms. The van der Waals surface area contributed by atoms with Crippen molar-refractivity contribution in [3.05, 3.63) is 193 Å². The zero-order valence-electron chi connectivity index (χ0n) is 74.4. The first-order chi connectivity index (χ1) is 63.3. The van der Waals surface area contributed by atoms with E-state index in [9.17, 15) is 37.5 Å². The summed E-state index contributed by atoms with van der Waals surface area (Å²) in [6, 6.07) is 21.6. The number of H-pyrrole nitrogens is 2. The summed E-state index contributed by atoms with van der Waals surface area (Å²) in [6.07, 6.45) is 13.6. The molecule has 8 bridgehead atoms. The fourth-order valence-corrected chi connectivity index (χ4v) is 16.6. The lowest BCUT2D eigenvalue weighted by Crippen LogP contribution is -2.43. The van der Waals surface area contributed by atoms with Crippen molar-refractivity contribution >= 4 is 158 Å². The SMILES string of the molecule is C=Cc1c(C)c2cc3nc(c(CC(=O)OC)c4[nH]c(cc5nc(cc1[nH]2)C(C)=C5CC)c(C)c4C(=O)NCCN(CCNC(=O)CCc1cn(CCCCCC(=O)Oc2cc4ncnc(Nc5ccc(Br)cc5F)c4cc2OC)nn1)CCNC(=O)CCc1cn(CCCCCC(=O)Oc2cc4ncnc(Nc5ccc(Br)cc5F)c4cc2OC)nn1)[C@@H](CCC(=O)OC)[C@@H]3C. The molecule has 686 valence electrons. The minimum atomic E-state index is -0.584. The van der Waals surface area contributed by atoms with E-state index in [1.165, 1.54) is 53.2 Å². The molecule has 2 aliphatic rings. The number of nitrogens with zero attached hydrogens (tertiary/aromatic N) is 13. The summed E-state index contributed by atoms with van der Waals surface area (Å²) in [5, 5.41) is 33.5. The van der Waals surface area contributed by atoms with Crippen molar-refractivity contribution in [2.75, 3.05) is 78.3 Å². The smallest absolute Gasteiger partial charge is 0.311 e. The number of ether oxygens (including phenoxy) is 6. The van der Waals surface area contributed by atoms with Gasteiger partial charge in [-0.3, -0.25) is 52.8 Å². The average Bonchev–Trinajstić information content (AvgIpc) is 1.61. The Balaban J connectivity index is 0.642. The Morgan fingerprint density at radius 2 is 1.10 bits per heavy atom. The number of rotatable bonds is 43. The van der Waals surface area contributed by atoms with Gasteiger partial charge in [0, 0.05) is 187 Å². The largest absolute Gasteiger partial charge is 0.493 e. The predicted octanol–water partition coefficient (Wildman–Crippen LogP) is 15.7. The van der Waals surface area contributed by atoms with Crippen molar-refractivity contribution in [2.24, 2.45) is 0 Å². The highest BCUT2D eigenvalue weighted by Crippen LogP contribution is 2.45. The molecule has 0 unspecified atom stereocenters. The molecule has 2 atom stereocenters. The fourth-order valence-electron chi connectivity index (χ4n) is 16.0. The van der Waals surface area contributed by atoms with Gasteiger partial charge in [-0.15, -0.1) is 10.2 Å². The van der Waals surface area contributed by atoms with E-state index >= 15 is 4.79 Å². The normalized spacial score (nSPS) is 13.0. The van der Waals surface area contributed by atoms with Crippen molar-refractivity contribution in [1.82, 2.24) is 90.7 Å². The standard InChI is InChI=1S/C94H104Br2F2N20O13/c1-11-61-53(3)71-44-73-55(5)63(25-30-85(121)128-9)90(108-73)66(43-88(124)129-10)91-89(56(6)74(109-91)46-78-62(12-2)54(4)72(107-78)45-77(61)106-71)94(125)101-33-38-116(36-31-99-83(119)28-23-59-49-117(114-112-59)34-17-13-15-19-86(122)130-81-47-75-64(41-79(81)126-7)92(104-51-102-75)110-69-26-21-57(95)39-67(69)97)37-32-100-84(120)29-24-60-50-118(115-113-60)35-18-14-16-20-87(123)131-82-48-76-65(42-80(82)127-8)93(105-52-103-76)111-70-27-22-58(96)40-68(70)98/h11,21-22,26-27,39-42,44-52,55,63,106,109H,1,12-20,23-25,28-38,43H2,2-10H3,(H,99,119)(H,100,120)(H,101,125)(H,102,104,110)(H,103,105,111)/t55-,63-/m0/s1. The number of unbranched alkanes of at least 4 members (excludes halogenated alkanes) is 4. The van der Waals surface area contributed by atoms with Crippen LogP contribution in [-0.4, -0.2) is 184 Å². The maximum atomic E-state index is 15.4. The monoisotopic (exact) mass is 1920 g/mol. The highest BCUT2D eigenvalue weighted by atomic mass is 79.9. The lowest BCUT2D eigenvalue weighted by molar-refractivity contribution is -0.141. The minimum Gasteiger partial charge on any atom is -0.493 e. The van der Waals surface area contributed by atoms with Crippen LogP contribution in [0.15, 0.2) is 119 Å². The molecule has 11 aromatic rings. The number of benzene rings is 4. The summed E-state index contributed by atoms with van der Waals surface area (Å²) in [5.41, 5.74) is 12.7. The molecule has 9 heterocycles. The van der Waals surface area contributed by atoms with Crippen molar-refractivity contribution < 1.29 is 70.8 Å². The van der Waals surface area contributed by atoms with Gasteiger partial charge in [-0.25, -0.2) is 33.7 Å². The number of carbonyl (C=O) groups excluding carboxylic acids is 7. The van der Waals surface area contributed by atoms with Gasteiger partial charge in [-0.2, -0.15) is 0 Å². The Morgan fingerprint density at radius 1 is 0.573 bits per heavy atom. The van der Waals surface area contributed by atoms with Crippen LogP contribution in [0.2, 0.25) is 0 Å². The van der Waals surface area contributed by atoms with Gasteiger partial charge in [0.2, 0.25) is 11.8 Å². The van der Waals surface area contributed by atoms with Crippen LogP contribution in [0.4, 0.5) is 31.8 Å². The molecule has 0 fully saturated rings. The van der Waals surface area contributed by atoms with E-state index in [4.69, 9.17) is 38.4 Å². The summed E-state index contributed by atoms with van der Waals surface area (Å²) >= 11 is 6.55. The van der Waals surface area contributed by atoms with Crippen LogP contribution in [-0.2, 0) is 70.6 Å². The summed E-state index contributed by atoms with van der Waals surface area (Å²) in [6.45, 7) is 16.6. The van der Waals surface area contributed by atoms with Gasteiger partial charge in [0.15, 0.2) is 23.0 Å². The van der Waals surface area contributed by atoms with Crippen molar-refractivity contribution in [2.45, 2.75) is 162 Å². The minimum absolute atomic E-state index is 0.0486. The van der Waals surface area contributed by atoms with Crippen LogP contribution in [0.3, 0.4) is 0 Å². The molecule has 7 aromatic heterocycles. The molecule has 0 saturated carbocycles. The highest BCUT2D eigenvalue weighted by Gasteiger charge is 2.35. The van der Waals surface area contributed by atoms with Gasteiger partial charge in [-0.1, -0.05) is 81.6 Å². The number of anilines is 4. The third-order valence-electron chi connectivity index (χ3n) is 23.2. The van der Waals surface area contributed by atoms with Crippen LogP contribution in [0.5, 0.6) is 23.0 Å². The Labute approximate surface area is 771 Å². The van der Waals surface area contributed by atoms with E-state index < -0.39 is 47.3 Å². The van der Waals surface area contributed by atoms with Gasteiger partial charge < -0.3 is 65.0 Å². The van der Waals surface area contributed by atoms with E-state index in [1.807, 2.05) is 56.9 Å². The van der Waals surface area contributed by atoms with Crippen molar-refractivity contribution in [3.8, 4) is 23.0 Å². The molecule has 33 nitrogen and oxygen atoms in total. The van der Waals surface area contributed by atoms with E-state index in [0.29, 0.717) is 183 Å². The first-order valence-electron chi connectivity index (χ1n) is 43.4. The number of hydrogen-bond donors (Lipinski definition) is 7. The maximum Gasteiger partial charge on any atom is 0.311 e. The molecule has 3 amide bonds. The number of aromatic amines is 2. The molecule has 13 rings (SSSR count). The highest BCUT2D eigenvalue weighted by molar-refractivity contribution is 9.10. The Hall–Kier alpha value is -13.3. The quantitative estimate of drug-likeness (QED) is 0.0106. The zero-order valence-corrected chi connectivity index (χ0v) is 77.5. The molecule has 7 N–H and O–H groups in total. The second-order valence-electron chi connectivity index (χ2n) is 31.8. The average molecular weight is 1920 g/mol. The first-order valence-corrected chi connectivity index (χ1v) is 44.9. The number of fused-ring (bicyclic) bond motifs is 10. The second kappa shape index (κ2) is 44.8. The molecule has 37 heteroatoms. The van der Waals surface area contributed by atoms with E-state index in [-0.39, 0.29) is 122 Å². The van der Waals surface area contributed by atoms with Crippen LogP contribution in [0, 0.1) is 25.5 Å². The molecule has 0 aliphatic carbocycles. The molecule has 2 aliphatic heterocycles. The molecule has 0 saturated heterocycles. The predicted molar refractivity (Wildman–Crippen MR) is 498 cm³/mol. The van der Waals surface area contributed by atoms with Crippen LogP contribution < -0.4 is 45.5 Å². The van der Waals surface area contributed by atoms with Gasteiger partial charge >= 0.3 is 23.9 Å². The number of esters is 4. The second-order valence-corrected chi connectivity index (χ2v) is 33.7. The summed E-state index contributed by atoms with van der Waals surface area (Å²) in [4.78, 5) is 133. The summed E-state index contributed by atoms with van der Waals surface area (Å²) in [7, 11) is 5.53. The number of aryl methyl sites for hydroxylation is 6. The summed E-state index contributed by atoms with van der Waals surface area (Å²) in [5.74, 6) is -2.99. The lowest BCUT2D eigenvalue weighted by atomic mass is 9.85. The lowest BCUT2D eigenvalue weighted by Gasteiger charge is -2.23. The number of methoxy groups -OCH3 is 4. The number of hydrogen-bond acceptors (Lipinski definition) is 26. The van der Waals surface area contributed by atoms with Crippen molar-refractivity contribution in [3.63, 3.8) is 0 Å². The Morgan fingerprint density at radius 3 is 1.61 bits per heavy atom. The summed E-state index contributed by atoms with van der Waals surface area (Å²) < 4.78 is 67.3.